The zero-order chi connectivity index (χ0) is 22.7. The van der Waals surface area contributed by atoms with Crippen molar-refractivity contribution in [2.24, 2.45) is 0 Å². The molecule has 1 aliphatic heterocycles. The summed E-state index contributed by atoms with van der Waals surface area (Å²) >= 11 is 5.91. The monoisotopic (exact) mass is 475 g/mol. The van der Waals surface area contributed by atoms with Gasteiger partial charge < -0.3 is 9.42 Å². The minimum absolute atomic E-state index is 0.209. The number of aromatic nitrogens is 2. The van der Waals surface area contributed by atoms with E-state index in [1.807, 2.05) is 12.1 Å². The van der Waals surface area contributed by atoms with Crippen LogP contribution in [0.2, 0.25) is 5.02 Å². The average molecular weight is 476 g/mol. The molecule has 0 bridgehead atoms. The Morgan fingerprint density at radius 3 is 2.47 bits per heavy atom. The summed E-state index contributed by atoms with van der Waals surface area (Å²) in [6, 6.07) is 13.8. The number of halogens is 1. The largest absolute Gasteiger partial charge is 0.338 e. The number of benzene rings is 2. The Labute approximate surface area is 191 Å². The third-order valence-corrected chi connectivity index (χ3v) is 5.88. The Hall–Kier alpha value is -2.95. The van der Waals surface area contributed by atoms with Crippen molar-refractivity contribution in [1.29, 1.82) is 0 Å². The maximum Gasteiger partial charge on any atom is 0.256 e. The summed E-state index contributed by atoms with van der Waals surface area (Å²) in [6.07, 6.45) is 1.06. The Morgan fingerprint density at radius 2 is 1.78 bits per heavy atom. The summed E-state index contributed by atoms with van der Waals surface area (Å²) in [5, 5.41) is 4.67. The average Bonchev–Trinajstić information content (AvgIpc) is 3.22. The summed E-state index contributed by atoms with van der Waals surface area (Å²) in [6.45, 7) is 2.75. The fourth-order valence-corrected chi connectivity index (χ4v) is 4.17. The Morgan fingerprint density at radius 1 is 1.09 bits per heavy atom. The van der Waals surface area contributed by atoms with E-state index in [9.17, 15) is 13.2 Å². The van der Waals surface area contributed by atoms with E-state index < -0.39 is 10.0 Å². The van der Waals surface area contributed by atoms with Crippen molar-refractivity contribution in [1.82, 2.24) is 19.9 Å². The number of carbonyl (C=O) groups is 1. The van der Waals surface area contributed by atoms with Crippen molar-refractivity contribution >= 4 is 33.2 Å². The minimum Gasteiger partial charge on any atom is -0.338 e. The highest BCUT2D eigenvalue weighted by Gasteiger charge is 2.25. The number of para-hydroxylation sites is 1. The molecule has 1 saturated heterocycles. The fourth-order valence-electron chi connectivity index (χ4n) is 3.46. The molecule has 9 nitrogen and oxygen atoms in total. The van der Waals surface area contributed by atoms with Crippen LogP contribution >= 0.6 is 11.6 Å². The molecule has 168 valence electrons. The lowest BCUT2D eigenvalue weighted by Crippen LogP contribution is -2.48. The van der Waals surface area contributed by atoms with Gasteiger partial charge in [0.25, 0.3) is 5.91 Å². The highest BCUT2D eigenvalue weighted by Crippen LogP contribution is 2.21. The molecule has 1 aromatic heterocycles. The Kier molecular flexibility index (Phi) is 6.45. The van der Waals surface area contributed by atoms with Gasteiger partial charge in [-0.05, 0) is 36.4 Å². The predicted molar refractivity (Wildman–Crippen MR) is 121 cm³/mol. The number of rotatable bonds is 6. The van der Waals surface area contributed by atoms with Crippen LogP contribution in [0, 0.1) is 0 Å². The Bertz CT molecular complexity index is 1200. The van der Waals surface area contributed by atoms with Crippen LogP contribution in [-0.4, -0.2) is 66.7 Å². The maximum absolute atomic E-state index is 13.0. The van der Waals surface area contributed by atoms with E-state index in [-0.39, 0.29) is 11.6 Å². The SMILES string of the molecule is CS(=O)(=O)Nc1ccccc1C(=O)N1CCN(Cc2nc(-c3ccc(Cl)cc3)no2)CC1. The van der Waals surface area contributed by atoms with E-state index in [4.69, 9.17) is 16.1 Å². The van der Waals surface area contributed by atoms with Crippen LogP contribution in [-0.2, 0) is 16.6 Å². The zero-order valence-corrected chi connectivity index (χ0v) is 18.9. The number of nitrogens with one attached hydrogen (secondary N) is 1. The molecule has 4 rings (SSSR count). The van der Waals surface area contributed by atoms with Crippen molar-refractivity contribution in [3.05, 3.63) is 65.0 Å². The molecule has 0 saturated carbocycles. The predicted octanol–water partition coefficient (Wildman–Crippen LogP) is 2.72. The minimum atomic E-state index is -3.49. The van der Waals surface area contributed by atoms with Crippen LogP contribution in [0.1, 0.15) is 16.2 Å². The van der Waals surface area contributed by atoms with Gasteiger partial charge >= 0.3 is 0 Å². The number of sulfonamides is 1. The van der Waals surface area contributed by atoms with E-state index >= 15 is 0 Å². The molecule has 32 heavy (non-hydrogen) atoms. The zero-order valence-electron chi connectivity index (χ0n) is 17.4. The molecule has 0 unspecified atom stereocenters. The van der Waals surface area contributed by atoms with E-state index in [0.29, 0.717) is 55.0 Å². The quantitative estimate of drug-likeness (QED) is 0.583. The maximum atomic E-state index is 13.0. The molecular weight excluding hydrogens is 454 g/mol. The second kappa shape index (κ2) is 9.27. The number of nitrogens with zero attached hydrogens (tertiary/aromatic N) is 4. The van der Waals surface area contributed by atoms with Gasteiger partial charge in [0, 0.05) is 36.8 Å². The first-order valence-electron chi connectivity index (χ1n) is 9.95. The molecule has 0 atom stereocenters. The third-order valence-electron chi connectivity index (χ3n) is 5.04. The summed E-state index contributed by atoms with van der Waals surface area (Å²) in [5.41, 5.74) is 1.43. The summed E-state index contributed by atoms with van der Waals surface area (Å²) in [7, 11) is -3.49. The highest BCUT2D eigenvalue weighted by atomic mass is 35.5. The fraction of sp³-hybridized carbons (Fsp3) is 0.286. The second-order valence-electron chi connectivity index (χ2n) is 7.51. The lowest BCUT2D eigenvalue weighted by Gasteiger charge is -2.34. The molecule has 0 spiro atoms. The van der Waals surface area contributed by atoms with Gasteiger partial charge in [-0.2, -0.15) is 4.98 Å². The van der Waals surface area contributed by atoms with Gasteiger partial charge in [0.2, 0.25) is 21.7 Å². The second-order valence-corrected chi connectivity index (χ2v) is 9.69. The molecule has 3 aromatic rings. The molecule has 1 amide bonds. The van der Waals surface area contributed by atoms with Gasteiger partial charge in [-0.15, -0.1) is 0 Å². The number of anilines is 1. The van der Waals surface area contributed by atoms with E-state index in [0.717, 1.165) is 11.8 Å². The molecule has 11 heteroatoms. The number of amides is 1. The van der Waals surface area contributed by atoms with Crippen LogP contribution in [0.15, 0.2) is 53.1 Å². The molecule has 0 radical (unpaired) electrons. The first-order valence-corrected chi connectivity index (χ1v) is 12.2. The molecule has 1 N–H and O–H groups in total. The molecule has 2 aromatic carbocycles. The van der Waals surface area contributed by atoms with Gasteiger partial charge in [0.15, 0.2) is 0 Å². The number of piperazine rings is 1. The van der Waals surface area contributed by atoms with Gasteiger partial charge in [-0.1, -0.05) is 28.9 Å². The molecule has 0 aliphatic carbocycles. The van der Waals surface area contributed by atoms with Crippen molar-refractivity contribution in [2.45, 2.75) is 6.54 Å². The lowest BCUT2D eigenvalue weighted by atomic mass is 10.1. The van der Waals surface area contributed by atoms with E-state index in [2.05, 4.69) is 19.8 Å². The first kappa shape index (κ1) is 22.3. The number of hydrogen-bond donors (Lipinski definition) is 1. The Balaban J connectivity index is 1.36. The van der Waals surface area contributed by atoms with Gasteiger partial charge in [-0.3, -0.25) is 14.4 Å². The first-order chi connectivity index (χ1) is 15.3. The van der Waals surface area contributed by atoms with Crippen molar-refractivity contribution in [2.75, 3.05) is 37.2 Å². The summed E-state index contributed by atoms with van der Waals surface area (Å²) in [4.78, 5) is 21.3. The topological polar surface area (TPSA) is 109 Å². The molecule has 1 aliphatic rings. The van der Waals surface area contributed by atoms with Gasteiger partial charge in [0.05, 0.1) is 24.1 Å². The number of carbonyl (C=O) groups excluding carboxylic acids is 1. The standard InChI is InChI=1S/C21H22ClN5O4S/c1-32(29,30)25-18-5-3-2-4-17(18)21(28)27-12-10-26(11-13-27)14-19-23-20(24-31-19)15-6-8-16(22)9-7-15/h2-9,25H,10-14H2,1H3. The lowest BCUT2D eigenvalue weighted by molar-refractivity contribution is 0.0616. The van der Waals surface area contributed by atoms with E-state index in [1.54, 1.807) is 41.3 Å². The number of hydrogen-bond acceptors (Lipinski definition) is 7. The van der Waals surface area contributed by atoms with Crippen molar-refractivity contribution < 1.29 is 17.7 Å². The van der Waals surface area contributed by atoms with Crippen LogP contribution < -0.4 is 4.72 Å². The van der Waals surface area contributed by atoms with Crippen LogP contribution in [0.5, 0.6) is 0 Å². The van der Waals surface area contributed by atoms with Crippen LogP contribution in [0.3, 0.4) is 0 Å². The van der Waals surface area contributed by atoms with Crippen LogP contribution in [0.4, 0.5) is 5.69 Å². The van der Waals surface area contributed by atoms with Crippen LogP contribution in [0.25, 0.3) is 11.4 Å². The molecular formula is C21H22ClN5O4S. The van der Waals surface area contributed by atoms with Gasteiger partial charge in [0.1, 0.15) is 0 Å². The highest BCUT2D eigenvalue weighted by molar-refractivity contribution is 7.92. The summed E-state index contributed by atoms with van der Waals surface area (Å²) < 4.78 is 31.0. The van der Waals surface area contributed by atoms with E-state index in [1.165, 1.54) is 0 Å². The third kappa shape index (κ3) is 5.45. The normalized spacial score (nSPS) is 15.0. The molecule has 1 fully saturated rings. The molecule has 2 heterocycles. The smallest absolute Gasteiger partial charge is 0.256 e. The van der Waals surface area contributed by atoms with Crippen molar-refractivity contribution in [3.8, 4) is 11.4 Å². The van der Waals surface area contributed by atoms with Gasteiger partial charge in [-0.25, -0.2) is 8.42 Å². The summed E-state index contributed by atoms with van der Waals surface area (Å²) in [5.74, 6) is 0.789. The van der Waals surface area contributed by atoms with Crippen molar-refractivity contribution in [3.63, 3.8) is 0 Å².